The van der Waals surface area contributed by atoms with Crippen LogP contribution in [0.25, 0.3) is 0 Å². The molecule has 0 unspecified atom stereocenters. The first kappa shape index (κ1) is 15.5. The molecule has 2 saturated carbocycles. The van der Waals surface area contributed by atoms with Gasteiger partial charge in [0.15, 0.2) is 0 Å². The highest BCUT2D eigenvalue weighted by atomic mass is 16.5. The van der Waals surface area contributed by atoms with Gasteiger partial charge >= 0.3 is 0 Å². The summed E-state index contributed by atoms with van der Waals surface area (Å²) in [4.78, 5) is 0. The highest BCUT2D eigenvalue weighted by molar-refractivity contribution is 5.41. The van der Waals surface area contributed by atoms with Crippen molar-refractivity contribution in [2.75, 3.05) is 7.11 Å². The molecule has 0 saturated heterocycles. The van der Waals surface area contributed by atoms with Crippen LogP contribution in [0.1, 0.15) is 57.1 Å². The molecule has 0 spiro atoms. The Balaban J connectivity index is 1.73. The van der Waals surface area contributed by atoms with Crippen molar-refractivity contribution in [2.24, 2.45) is 29.1 Å². The van der Waals surface area contributed by atoms with E-state index in [1.165, 1.54) is 24.8 Å². The first-order chi connectivity index (χ1) is 11.0. The van der Waals surface area contributed by atoms with Crippen molar-refractivity contribution >= 4 is 0 Å². The van der Waals surface area contributed by atoms with E-state index >= 15 is 0 Å². The molecule has 7 atom stereocenters. The molecule has 0 bridgehead atoms. The minimum Gasteiger partial charge on any atom is -0.497 e. The number of ether oxygens (including phenoxy) is 1. The van der Waals surface area contributed by atoms with Gasteiger partial charge in [-0.2, -0.15) is 0 Å². The van der Waals surface area contributed by atoms with E-state index in [1.807, 2.05) is 0 Å². The molecule has 0 aromatic heterocycles. The molecule has 0 amide bonds. The molecule has 23 heavy (non-hydrogen) atoms. The summed E-state index contributed by atoms with van der Waals surface area (Å²) in [7, 11) is 1.75. The van der Waals surface area contributed by atoms with Crippen LogP contribution in [-0.2, 0) is 6.42 Å². The number of hydrogen-bond acceptors (Lipinski definition) is 2. The summed E-state index contributed by atoms with van der Waals surface area (Å²) in [5.74, 6) is 4.22. The maximum absolute atomic E-state index is 10.8. The van der Waals surface area contributed by atoms with E-state index in [-0.39, 0.29) is 11.5 Å². The Morgan fingerprint density at radius 3 is 2.74 bits per heavy atom. The Hall–Kier alpha value is -1.02. The molecular formula is C21H30O2. The second-order valence-electron chi connectivity index (χ2n) is 8.74. The normalized spacial score (nSPS) is 45.1. The standard InChI is InChI=1S/C21H30O2/c1-12-9-14-11-15(23-4)5-6-16(14)17-7-8-21(3)18(19(12)17)10-13(2)20(21)22/h5-6,11-13,17-20,22H,7-10H2,1-4H3/t12-,13-,17-,18-,19-,20-,21+/m1/s1. The van der Waals surface area contributed by atoms with Gasteiger partial charge in [-0.3, -0.25) is 0 Å². The molecule has 2 nitrogen and oxygen atoms in total. The third kappa shape index (κ3) is 2.10. The van der Waals surface area contributed by atoms with Gasteiger partial charge in [-0.15, -0.1) is 0 Å². The minimum atomic E-state index is -0.113. The lowest BCUT2D eigenvalue weighted by atomic mass is 9.53. The van der Waals surface area contributed by atoms with E-state index in [9.17, 15) is 5.11 Å². The van der Waals surface area contributed by atoms with Crippen LogP contribution in [0, 0.1) is 29.1 Å². The third-order valence-corrected chi connectivity index (χ3v) is 7.56. The highest BCUT2D eigenvalue weighted by Gasteiger charge is 2.58. The van der Waals surface area contributed by atoms with Gasteiger partial charge in [0.05, 0.1) is 13.2 Å². The van der Waals surface area contributed by atoms with Crippen LogP contribution in [-0.4, -0.2) is 18.3 Å². The van der Waals surface area contributed by atoms with Gasteiger partial charge < -0.3 is 9.84 Å². The van der Waals surface area contributed by atoms with Crippen molar-refractivity contribution in [2.45, 2.75) is 58.5 Å². The molecule has 126 valence electrons. The molecule has 2 fully saturated rings. The molecular weight excluding hydrogens is 284 g/mol. The average molecular weight is 314 g/mol. The van der Waals surface area contributed by atoms with Gasteiger partial charge in [-0.25, -0.2) is 0 Å². The van der Waals surface area contributed by atoms with E-state index in [1.54, 1.807) is 12.7 Å². The van der Waals surface area contributed by atoms with Crippen LogP contribution in [0.3, 0.4) is 0 Å². The number of aliphatic hydroxyl groups excluding tert-OH is 1. The van der Waals surface area contributed by atoms with E-state index in [4.69, 9.17) is 4.74 Å². The van der Waals surface area contributed by atoms with E-state index in [0.717, 1.165) is 18.1 Å². The zero-order chi connectivity index (χ0) is 16.4. The van der Waals surface area contributed by atoms with Gasteiger partial charge in [0.25, 0.3) is 0 Å². The van der Waals surface area contributed by atoms with E-state index in [0.29, 0.717) is 23.7 Å². The van der Waals surface area contributed by atoms with Crippen LogP contribution in [0.5, 0.6) is 5.75 Å². The first-order valence-corrected chi connectivity index (χ1v) is 9.30. The minimum absolute atomic E-state index is 0.113. The van der Waals surface area contributed by atoms with E-state index < -0.39 is 0 Å². The molecule has 3 aliphatic rings. The Labute approximate surface area is 140 Å². The molecule has 4 rings (SSSR count). The van der Waals surface area contributed by atoms with Crippen molar-refractivity contribution in [3.8, 4) is 5.75 Å². The van der Waals surface area contributed by atoms with Gasteiger partial charge in [0.2, 0.25) is 0 Å². The summed E-state index contributed by atoms with van der Waals surface area (Å²) < 4.78 is 5.43. The lowest BCUT2D eigenvalue weighted by molar-refractivity contribution is -0.0421. The molecule has 0 heterocycles. The lowest BCUT2D eigenvalue weighted by Gasteiger charge is -2.52. The van der Waals surface area contributed by atoms with Gasteiger partial charge in [-0.05, 0) is 83.9 Å². The summed E-state index contributed by atoms with van der Waals surface area (Å²) in [6.45, 7) is 7.04. The lowest BCUT2D eigenvalue weighted by Crippen LogP contribution is -2.46. The number of benzene rings is 1. The topological polar surface area (TPSA) is 29.5 Å². The fraction of sp³-hybridized carbons (Fsp3) is 0.714. The predicted octanol–water partition coefficient (Wildman–Crippen LogP) is 4.40. The van der Waals surface area contributed by atoms with Crippen molar-refractivity contribution in [3.63, 3.8) is 0 Å². The zero-order valence-electron chi connectivity index (χ0n) is 14.9. The fourth-order valence-corrected chi connectivity index (χ4v) is 6.42. The second kappa shape index (κ2) is 5.24. The number of fused-ring (bicyclic) bond motifs is 5. The maximum atomic E-state index is 10.8. The quantitative estimate of drug-likeness (QED) is 0.832. The average Bonchev–Trinajstić information content (AvgIpc) is 2.77. The first-order valence-electron chi connectivity index (χ1n) is 9.30. The zero-order valence-corrected chi connectivity index (χ0v) is 14.9. The molecule has 1 aromatic carbocycles. The summed E-state index contributed by atoms with van der Waals surface area (Å²) in [6.07, 6.45) is 4.64. The number of aliphatic hydroxyl groups is 1. The molecule has 3 aliphatic carbocycles. The highest BCUT2D eigenvalue weighted by Crippen LogP contribution is 2.63. The summed E-state index contributed by atoms with van der Waals surface area (Å²) >= 11 is 0. The number of methoxy groups -OCH3 is 1. The number of rotatable bonds is 1. The Morgan fingerprint density at radius 1 is 1.22 bits per heavy atom. The Morgan fingerprint density at radius 2 is 2.00 bits per heavy atom. The molecule has 0 aliphatic heterocycles. The van der Waals surface area contributed by atoms with Gasteiger partial charge in [-0.1, -0.05) is 26.8 Å². The molecule has 2 heteroatoms. The Kier molecular flexibility index (Phi) is 3.53. The Bertz CT molecular complexity index is 610. The van der Waals surface area contributed by atoms with Crippen LogP contribution >= 0.6 is 0 Å². The monoisotopic (exact) mass is 314 g/mol. The molecule has 1 N–H and O–H groups in total. The van der Waals surface area contributed by atoms with E-state index in [2.05, 4.69) is 39.0 Å². The van der Waals surface area contributed by atoms with Crippen LogP contribution < -0.4 is 4.74 Å². The smallest absolute Gasteiger partial charge is 0.119 e. The van der Waals surface area contributed by atoms with Crippen molar-refractivity contribution < 1.29 is 9.84 Å². The molecule has 0 radical (unpaired) electrons. The van der Waals surface area contributed by atoms with Gasteiger partial charge in [0.1, 0.15) is 5.75 Å². The summed E-state index contributed by atoms with van der Waals surface area (Å²) in [6, 6.07) is 6.70. The molecule has 1 aromatic rings. The van der Waals surface area contributed by atoms with Crippen molar-refractivity contribution in [1.29, 1.82) is 0 Å². The van der Waals surface area contributed by atoms with Crippen molar-refractivity contribution in [1.82, 2.24) is 0 Å². The largest absolute Gasteiger partial charge is 0.497 e. The summed E-state index contributed by atoms with van der Waals surface area (Å²) in [5, 5.41) is 10.8. The van der Waals surface area contributed by atoms with Crippen molar-refractivity contribution in [3.05, 3.63) is 29.3 Å². The SMILES string of the molecule is COc1ccc2c(c1)C[C@@H](C)[C@@H]1[C@@H]2CC[C@]2(C)[C@H](O)[C@H](C)C[C@H]12. The maximum Gasteiger partial charge on any atom is 0.119 e. The fourth-order valence-electron chi connectivity index (χ4n) is 6.42. The van der Waals surface area contributed by atoms with Crippen LogP contribution in [0.4, 0.5) is 0 Å². The van der Waals surface area contributed by atoms with Crippen LogP contribution in [0.2, 0.25) is 0 Å². The predicted molar refractivity (Wildman–Crippen MR) is 92.7 cm³/mol. The second-order valence-corrected chi connectivity index (χ2v) is 8.74. The summed E-state index contributed by atoms with van der Waals surface area (Å²) in [5.41, 5.74) is 3.19. The third-order valence-electron chi connectivity index (χ3n) is 7.56. The van der Waals surface area contributed by atoms with Gasteiger partial charge in [0, 0.05) is 0 Å². The van der Waals surface area contributed by atoms with Crippen LogP contribution in [0.15, 0.2) is 18.2 Å². The number of hydrogen-bond donors (Lipinski definition) is 1.